The standard InChI is InChI=1S/C45H31N/c1-30-12-8-10-18-44(30)46(45-19-11-9-17-39(45)32-15-6-3-7-16-32)38-23-22-35-27-41-42-28-36-24-33(31-13-4-2-5-14-31)20-21-34(36)26-40(42)43(41)29-37(35)25-38/h2-29H,1H3. The van der Waals surface area contributed by atoms with E-state index in [1.807, 2.05) is 0 Å². The smallest absolute Gasteiger partial charge is 0.0540 e. The lowest BCUT2D eigenvalue weighted by atomic mass is 9.77. The van der Waals surface area contributed by atoms with Crippen molar-refractivity contribution in [1.29, 1.82) is 0 Å². The number of fused-ring (bicyclic) bond motifs is 6. The maximum absolute atomic E-state index is 2.42. The maximum Gasteiger partial charge on any atom is 0.0540 e. The molecule has 0 N–H and O–H groups in total. The highest BCUT2D eigenvalue weighted by molar-refractivity contribution is 6.12. The molecule has 0 atom stereocenters. The molecular weight excluding hydrogens is 555 g/mol. The Balaban J connectivity index is 1.16. The molecule has 0 spiro atoms. The Morgan fingerprint density at radius 2 is 0.848 bits per heavy atom. The molecule has 0 aromatic heterocycles. The molecule has 1 nitrogen and oxygen atoms in total. The van der Waals surface area contributed by atoms with Crippen LogP contribution >= 0.6 is 0 Å². The van der Waals surface area contributed by atoms with Gasteiger partial charge in [0.2, 0.25) is 0 Å². The normalized spacial score (nSPS) is 11.6. The quantitative estimate of drug-likeness (QED) is 0.194. The summed E-state index contributed by atoms with van der Waals surface area (Å²) in [4.78, 5) is 2.42. The molecule has 0 radical (unpaired) electrons. The van der Waals surface area contributed by atoms with Crippen LogP contribution in [0.5, 0.6) is 0 Å². The molecule has 8 aromatic rings. The molecule has 0 fully saturated rings. The third kappa shape index (κ3) is 4.32. The molecular formula is C45H31N. The summed E-state index contributed by atoms with van der Waals surface area (Å²) in [5, 5.41) is 5.07. The van der Waals surface area contributed by atoms with E-state index >= 15 is 0 Å². The van der Waals surface area contributed by atoms with Crippen molar-refractivity contribution in [3.8, 4) is 44.5 Å². The monoisotopic (exact) mass is 585 g/mol. The molecule has 1 heteroatoms. The zero-order valence-electron chi connectivity index (χ0n) is 25.6. The van der Waals surface area contributed by atoms with Gasteiger partial charge in [0.1, 0.15) is 0 Å². The fraction of sp³-hybridized carbons (Fsp3) is 0.0222. The second kappa shape index (κ2) is 10.6. The molecule has 0 saturated carbocycles. The Morgan fingerprint density at radius 3 is 1.52 bits per heavy atom. The van der Waals surface area contributed by atoms with Gasteiger partial charge in [-0.1, -0.05) is 115 Å². The van der Waals surface area contributed by atoms with E-state index in [0.717, 1.165) is 11.4 Å². The minimum Gasteiger partial charge on any atom is -0.310 e. The summed E-state index contributed by atoms with van der Waals surface area (Å²) in [5.74, 6) is 0. The maximum atomic E-state index is 2.42. The van der Waals surface area contributed by atoms with Crippen molar-refractivity contribution < 1.29 is 0 Å². The van der Waals surface area contributed by atoms with Crippen LogP contribution in [-0.2, 0) is 0 Å². The molecule has 0 unspecified atom stereocenters. The van der Waals surface area contributed by atoms with E-state index in [0.29, 0.717) is 0 Å². The Hall–Kier alpha value is -5.92. The minimum atomic E-state index is 1.15. The lowest BCUT2D eigenvalue weighted by Crippen LogP contribution is -2.12. The highest BCUT2D eigenvalue weighted by Crippen LogP contribution is 2.51. The number of para-hydroxylation sites is 2. The lowest BCUT2D eigenvalue weighted by Gasteiger charge is -2.30. The average Bonchev–Trinajstić information content (AvgIpc) is 3.12. The first-order chi connectivity index (χ1) is 22.7. The van der Waals surface area contributed by atoms with Gasteiger partial charge < -0.3 is 4.90 Å². The zero-order valence-corrected chi connectivity index (χ0v) is 25.6. The molecule has 0 bridgehead atoms. The van der Waals surface area contributed by atoms with Crippen LogP contribution in [0.2, 0.25) is 0 Å². The number of hydrogen-bond acceptors (Lipinski definition) is 1. The molecule has 1 aliphatic rings. The molecule has 8 aromatic carbocycles. The largest absolute Gasteiger partial charge is 0.310 e. The molecule has 0 amide bonds. The molecule has 9 rings (SSSR count). The van der Waals surface area contributed by atoms with Crippen LogP contribution in [0.15, 0.2) is 170 Å². The Morgan fingerprint density at radius 1 is 0.326 bits per heavy atom. The van der Waals surface area contributed by atoms with Crippen molar-refractivity contribution >= 4 is 38.6 Å². The summed E-state index contributed by atoms with van der Waals surface area (Å²) in [6.45, 7) is 2.20. The second-order valence-electron chi connectivity index (χ2n) is 12.3. The van der Waals surface area contributed by atoms with Gasteiger partial charge in [0.05, 0.1) is 5.69 Å². The summed E-state index contributed by atoms with van der Waals surface area (Å²) in [6.07, 6.45) is 0. The van der Waals surface area contributed by atoms with Crippen LogP contribution in [0, 0.1) is 6.92 Å². The summed E-state index contributed by atoms with van der Waals surface area (Å²) in [7, 11) is 0. The first-order valence-corrected chi connectivity index (χ1v) is 15.9. The number of benzene rings is 8. The highest BCUT2D eigenvalue weighted by atomic mass is 15.1. The van der Waals surface area contributed by atoms with E-state index < -0.39 is 0 Å². The molecule has 0 aliphatic heterocycles. The van der Waals surface area contributed by atoms with Crippen molar-refractivity contribution in [1.82, 2.24) is 0 Å². The van der Waals surface area contributed by atoms with Gasteiger partial charge in [0, 0.05) is 16.9 Å². The summed E-state index contributed by atoms with van der Waals surface area (Å²) in [6, 6.07) is 62.0. The number of anilines is 3. The van der Waals surface area contributed by atoms with Crippen molar-refractivity contribution in [2.24, 2.45) is 0 Å². The fourth-order valence-electron chi connectivity index (χ4n) is 7.11. The Kier molecular flexibility index (Phi) is 6.11. The first kappa shape index (κ1) is 26.5. The number of rotatable bonds is 5. The molecule has 1 aliphatic carbocycles. The third-order valence-corrected chi connectivity index (χ3v) is 9.47. The Labute approximate surface area is 269 Å². The summed E-state index contributed by atoms with van der Waals surface area (Å²) >= 11 is 0. The van der Waals surface area contributed by atoms with Gasteiger partial charge in [-0.15, -0.1) is 0 Å². The number of hydrogen-bond donors (Lipinski definition) is 0. The van der Waals surface area contributed by atoms with Gasteiger partial charge in [-0.3, -0.25) is 0 Å². The van der Waals surface area contributed by atoms with Crippen molar-refractivity contribution in [2.75, 3.05) is 4.90 Å². The van der Waals surface area contributed by atoms with Gasteiger partial charge in [0.15, 0.2) is 0 Å². The van der Waals surface area contributed by atoms with Crippen molar-refractivity contribution in [2.45, 2.75) is 6.92 Å². The number of nitrogens with zero attached hydrogens (tertiary/aromatic N) is 1. The zero-order chi connectivity index (χ0) is 30.6. The van der Waals surface area contributed by atoms with Crippen LogP contribution in [-0.4, -0.2) is 0 Å². The predicted octanol–water partition coefficient (Wildman–Crippen LogP) is 12.8. The van der Waals surface area contributed by atoms with E-state index in [1.165, 1.54) is 77.3 Å². The second-order valence-corrected chi connectivity index (χ2v) is 12.3. The Bertz CT molecular complexity index is 2420. The van der Waals surface area contributed by atoms with Gasteiger partial charge in [0.25, 0.3) is 0 Å². The predicted molar refractivity (Wildman–Crippen MR) is 196 cm³/mol. The minimum absolute atomic E-state index is 1.15. The van der Waals surface area contributed by atoms with Gasteiger partial charge in [-0.2, -0.15) is 0 Å². The van der Waals surface area contributed by atoms with Gasteiger partial charge in [-0.25, -0.2) is 0 Å². The van der Waals surface area contributed by atoms with Crippen LogP contribution in [0.1, 0.15) is 5.56 Å². The van der Waals surface area contributed by atoms with E-state index in [9.17, 15) is 0 Å². The van der Waals surface area contributed by atoms with Crippen LogP contribution in [0.4, 0.5) is 17.1 Å². The lowest BCUT2D eigenvalue weighted by molar-refractivity contribution is 1.25. The van der Waals surface area contributed by atoms with Gasteiger partial charge in [-0.05, 0) is 128 Å². The first-order valence-electron chi connectivity index (χ1n) is 15.9. The SMILES string of the molecule is Cc1ccccc1N(c1ccc2cc3c(cc2c1)-c1cc2ccc(-c4ccccc4)cc2cc1-3)c1ccccc1-c1ccccc1. The third-order valence-electron chi connectivity index (χ3n) is 9.47. The molecule has 0 heterocycles. The van der Waals surface area contributed by atoms with Crippen LogP contribution < -0.4 is 4.90 Å². The van der Waals surface area contributed by atoms with E-state index in [4.69, 9.17) is 0 Å². The summed E-state index contributed by atoms with van der Waals surface area (Å²) < 4.78 is 0. The molecule has 216 valence electrons. The van der Waals surface area contributed by atoms with Crippen LogP contribution in [0.25, 0.3) is 66.1 Å². The number of aryl methyl sites for hydroxylation is 1. The van der Waals surface area contributed by atoms with Gasteiger partial charge >= 0.3 is 0 Å². The molecule has 46 heavy (non-hydrogen) atoms. The highest BCUT2D eigenvalue weighted by Gasteiger charge is 2.25. The van der Waals surface area contributed by atoms with Crippen LogP contribution in [0.3, 0.4) is 0 Å². The van der Waals surface area contributed by atoms with Crippen molar-refractivity contribution in [3.05, 3.63) is 175 Å². The fourth-order valence-corrected chi connectivity index (χ4v) is 7.11. The topological polar surface area (TPSA) is 3.24 Å². The average molecular weight is 586 g/mol. The molecule has 0 saturated heterocycles. The van der Waals surface area contributed by atoms with Crippen molar-refractivity contribution in [3.63, 3.8) is 0 Å². The summed E-state index contributed by atoms with van der Waals surface area (Å²) in [5.41, 5.74) is 15.0. The van der Waals surface area contributed by atoms with E-state index in [2.05, 4.69) is 182 Å². The van der Waals surface area contributed by atoms with E-state index in [1.54, 1.807) is 0 Å². The van der Waals surface area contributed by atoms with E-state index in [-0.39, 0.29) is 0 Å².